The maximum Gasteiger partial charge on any atom is 0.0396 e. The van der Waals surface area contributed by atoms with Gasteiger partial charge < -0.3 is 10.2 Å². The lowest BCUT2D eigenvalue weighted by Gasteiger charge is -2.33. The molecule has 3 atom stereocenters. The second kappa shape index (κ2) is 6.39. The maximum absolute atomic E-state index is 3.79. The topological polar surface area (TPSA) is 15.3 Å². The molecule has 0 aromatic heterocycles. The number of aryl methyl sites for hydroxylation is 1. The van der Waals surface area contributed by atoms with E-state index in [4.69, 9.17) is 0 Å². The number of benzene rings is 1. The van der Waals surface area contributed by atoms with E-state index in [1.807, 2.05) is 0 Å². The molecule has 2 nitrogen and oxygen atoms in total. The van der Waals surface area contributed by atoms with E-state index in [9.17, 15) is 0 Å². The highest BCUT2D eigenvalue weighted by molar-refractivity contribution is 5.56. The minimum atomic E-state index is 0.718. The number of nitrogens with zero attached hydrogens (tertiary/aromatic N) is 1. The largest absolute Gasteiger partial charge is 0.374 e. The molecule has 1 aromatic rings. The smallest absolute Gasteiger partial charge is 0.0396 e. The number of anilines is 1. The van der Waals surface area contributed by atoms with Crippen LogP contribution in [0.3, 0.4) is 0 Å². The van der Waals surface area contributed by atoms with E-state index in [0.29, 0.717) is 0 Å². The summed E-state index contributed by atoms with van der Waals surface area (Å²) >= 11 is 0. The molecule has 1 aliphatic carbocycles. The van der Waals surface area contributed by atoms with E-state index in [1.165, 1.54) is 55.5 Å². The summed E-state index contributed by atoms with van der Waals surface area (Å²) in [5.74, 6) is 1.77. The summed E-state index contributed by atoms with van der Waals surface area (Å²) in [5.41, 5.74) is 4.43. The van der Waals surface area contributed by atoms with Crippen molar-refractivity contribution < 1.29 is 0 Å². The first-order valence-electron chi connectivity index (χ1n) is 8.70. The predicted molar refractivity (Wildman–Crippen MR) is 90.8 cm³/mol. The molecule has 116 valence electrons. The lowest BCUT2D eigenvalue weighted by molar-refractivity contribution is 0.225. The van der Waals surface area contributed by atoms with Gasteiger partial charge in [0.2, 0.25) is 0 Å². The standard InChI is InChI=1S/C19H30N2/c1-14-6-8-18(11-15(14)2)20-13-16-7-9-19-17(12-16)5-4-10-21(19)3/h7,9,12,14-15,18,20H,4-6,8,10-11,13H2,1-3H3. The highest BCUT2D eigenvalue weighted by Crippen LogP contribution is 2.30. The van der Waals surface area contributed by atoms with Gasteiger partial charge in [-0.1, -0.05) is 26.0 Å². The van der Waals surface area contributed by atoms with Crippen LogP contribution >= 0.6 is 0 Å². The number of rotatable bonds is 3. The van der Waals surface area contributed by atoms with Crippen molar-refractivity contribution in [3.63, 3.8) is 0 Å². The molecule has 1 fully saturated rings. The summed E-state index contributed by atoms with van der Waals surface area (Å²) in [7, 11) is 2.21. The molecule has 1 aliphatic heterocycles. The Kier molecular flexibility index (Phi) is 4.54. The average Bonchev–Trinajstić information content (AvgIpc) is 2.49. The van der Waals surface area contributed by atoms with Crippen molar-refractivity contribution in [2.45, 2.75) is 58.5 Å². The van der Waals surface area contributed by atoms with Gasteiger partial charge in [0.05, 0.1) is 0 Å². The third-order valence-electron chi connectivity index (χ3n) is 5.69. The monoisotopic (exact) mass is 286 g/mol. The summed E-state index contributed by atoms with van der Waals surface area (Å²) in [5, 5.41) is 3.79. The van der Waals surface area contributed by atoms with Gasteiger partial charge in [0, 0.05) is 31.9 Å². The van der Waals surface area contributed by atoms with Gasteiger partial charge in [-0.2, -0.15) is 0 Å². The van der Waals surface area contributed by atoms with Gasteiger partial charge in [-0.3, -0.25) is 0 Å². The van der Waals surface area contributed by atoms with Crippen LogP contribution in [0.25, 0.3) is 0 Å². The second-order valence-corrected chi connectivity index (χ2v) is 7.33. The molecule has 1 saturated carbocycles. The van der Waals surface area contributed by atoms with Crippen molar-refractivity contribution in [1.29, 1.82) is 0 Å². The number of fused-ring (bicyclic) bond motifs is 1. The molecule has 21 heavy (non-hydrogen) atoms. The van der Waals surface area contributed by atoms with Crippen LogP contribution in [-0.4, -0.2) is 19.6 Å². The molecule has 0 amide bonds. The molecule has 3 rings (SSSR count). The summed E-state index contributed by atoms with van der Waals surface area (Å²) in [6, 6.07) is 7.77. The minimum Gasteiger partial charge on any atom is -0.374 e. The zero-order chi connectivity index (χ0) is 14.8. The van der Waals surface area contributed by atoms with E-state index >= 15 is 0 Å². The van der Waals surface area contributed by atoms with Gasteiger partial charge in [-0.15, -0.1) is 0 Å². The van der Waals surface area contributed by atoms with Crippen LogP contribution < -0.4 is 10.2 Å². The first kappa shape index (κ1) is 14.9. The molecule has 2 heteroatoms. The molecule has 1 aromatic carbocycles. The molecule has 3 unspecified atom stereocenters. The van der Waals surface area contributed by atoms with E-state index in [2.05, 4.69) is 49.3 Å². The highest BCUT2D eigenvalue weighted by atomic mass is 15.1. The van der Waals surface area contributed by atoms with Gasteiger partial charge in [0.1, 0.15) is 0 Å². The minimum absolute atomic E-state index is 0.718. The molecule has 1 heterocycles. The van der Waals surface area contributed by atoms with Crippen molar-refractivity contribution in [3.8, 4) is 0 Å². The Labute approximate surface area is 129 Å². The highest BCUT2D eigenvalue weighted by Gasteiger charge is 2.24. The Bertz CT molecular complexity index is 482. The first-order chi connectivity index (χ1) is 10.1. The van der Waals surface area contributed by atoms with Crippen LogP contribution in [0.4, 0.5) is 5.69 Å². The van der Waals surface area contributed by atoms with Crippen molar-refractivity contribution in [2.75, 3.05) is 18.5 Å². The van der Waals surface area contributed by atoms with Crippen LogP contribution in [0.1, 0.15) is 50.7 Å². The Hall–Kier alpha value is -1.02. The van der Waals surface area contributed by atoms with E-state index in [1.54, 1.807) is 0 Å². The maximum atomic E-state index is 3.79. The van der Waals surface area contributed by atoms with Gasteiger partial charge in [0.15, 0.2) is 0 Å². The Morgan fingerprint density at radius 3 is 2.86 bits per heavy atom. The van der Waals surface area contributed by atoms with Crippen LogP contribution in [0.15, 0.2) is 18.2 Å². The molecule has 1 N–H and O–H groups in total. The summed E-state index contributed by atoms with van der Waals surface area (Å²) in [6.45, 7) is 7.04. The summed E-state index contributed by atoms with van der Waals surface area (Å²) < 4.78 is 0. The SMILES string of the molecule is CC1CCC(NCc2ccc3c(c2)CCCN3C)CC1C. The Morgan fingerprint density at radius 2 is 2.05 bits per heavy atom. The third-order valence-corrected chi connectivity index (χ3v) is 5.69. The van der Waals surface area contributed by atoms with Crippen LogP contribution in [0.2, 0.25) is 0 Å². The molecule has 0 bridgehead atoms. The molecular weight excluding hydrogens is 256 g/mol. The van der Waals surface area contributed by atoms with Crippen molar-refractivity contribution >= 4 is 5.69 Å². The zero-order valence-corrected chi connectivity index (χ0v) is 13.9. The van der Waals surface area contributed by atoms with Gasteiger partial charge in [-0.25, -0.2) is 0 Å². The molecule has 2 aliphatic rings. The Morgan fingerprint density at radius 1 is 1.19 bits per heavy atom. The molecule has 0 radical (unpaired) electrons. The normalized spacial score (nSPS) is 29.3. The second-order valence-electron chi connectivity index (χ2n) is 7.33. The fourth-order valence-electron chi connectivity index (χ4n) is 3.94. The number of hydrogen-bond donors (Lipinski definition) is 1. The van der Waals surface area contributed by atoms with Crippen molar-refractivity contribution in [1.82, 2.24) is 5.32 Å². The van der Waals surface area contributed by atoms with Crippen molar-refractivity contribution in [3.05, 3.63) is 29.3 Å². The predicted octanol–water partition coefficient (Wildman–Crippen LogP) is 3.98. The summed E-state index contributed by atoms with van der Waals surface area (Å²) in [6.07, 6.45) is 6.60. The molecule has 0 saturated heterocycles. The Balaban J connectivity index is 1.58. The van der Waals surface area contributed by atoms with Crippen LogP contribution in [-0.2, 0) is 13.0 Å². The number of hydrogen-bond acceptors (Lipinski definition) is 2. The van der Waals surface area contributed by atoms with Crippen molar-refractivity contribution in [2.24, 2.45) is 11.8 Å². The average molecular weight is 286 g/mol. The quantitative estimate of drug-likeness (QED) is 0.904. The molecular formula is C19H30N2. The lowest BCUT2D eigenvalue weighted by atomic mass is 9.79. The van der Waals surface area contributed by atoms with Gasteiger partial charge >= 0.3 is 0 Å². The van der Waals surface area contributed by atoms with Crippen LogP contribution in [0, 0.1) is 11.8 Å². The molecule has 0 spiro atoms. The van der Waals surface area contributed by atoms with E-state index in [0.717, 1.165) is 24.4 Å². The van der Waals surface area contributed by atoms with Gasteiger partial charge in [0.25, 0.3) is 0 Å². The van der Waals surface area contributed by atoms with E-state index in [-0.39, 0.29) is 0 Å². The fraction of sp³-hybridized carbons (Fsp3) is 0.684. The van der Waals surface area contributed by atoms with Gasteiger partial charge in [-0.05, 0) is 61.1 Å². The van der Waals surface area contributed by atoms with E-state index < -0.39 is 0 Å². The number of nitrogens with one attached hydrogen (secondary N) is 1. The summed E-state index contributed by atoms with van der Waals surface area (Å²) in [4.78, 5) is 2.39. The lowest BCUT2D eigenvalue weighted by Crippen LogP contribution is -2.35. The van der Waals surface area contributed by atoms with Crippen LogP contribution in [0.5, 0.6) is 0 Å². The third kappa shape index (κ3) is 3.42. The fourth-order valence-corrected chi connectivity index (χ4v) is 3.94. The first-order valence-corrected chi connectivity index (χ1v) is 8.70. The zero-order valence-electron chi connectivity index (χ0n) is 13.9.